The Bertz CT molecular complexity index is 1290. The molecular weight excluding hydrogens is 400 g/mol. The third-order valence-corrected chi connectivity index (χ3v) is 5.25. The molecule has 150 valence electrons. The van der Waals surface area contributed by atoms with Gasteiger partial charge in [-0.15, -0.1) is 0 Å². The Morgan fingerprint density at radius 2 is 1.86 bits per heavy atom. The number of aromatic hydroxyl groups is 1. The number of rotatable bonds is 5. The molecule has 1 aromatic heterocycles. The van der Waals surface area contributed by atoms with Gasteiger partial charge in [-0.3, -0.25) is 25.0 Å². The van der Waals surface area contributed by atoms with E-state index in [1.54, 1.807) is 6.92 Å². The van der Waals surface area contributed by atoms with Crippen molar-refractivity contribution in [2.24, 2.45) is 4.99 Å². The van der Waals surface area contributed by atoms with Gasteiger partial charge in [0.25, 0.3) is 11.2 Å². The molecule has 0 aliphatic carbocycles. The molecule has 0 saturated carbocycles. The highest BCUT2D eigenvalue weighted by molar-refractivity contribution is 7.90. The van der Waals surface area contributed by atoms with Crippen LogP contribution in [0.5, 0.6) is 5.75 Å². The average Bonchev–Trinajstić information content (AvgIpc) is 2.94. The Hall–Kier alpha value is -3.73. The van der Waals surface area contributed by atoms with E-state index < -0.39 is 20.3 Å². The lowest BCUT2D eigenvalue weighted by molar-refractivity contribution is -0.384. The summed E-state index contributed by atoms with van der Waals surface area (Å²) in [4.78, 5) is 26.9. The average molecular weight is 416 g/mol. The smallest absolute Gasteiger partial charge is 0.280 e. The van der Waals surface area contributed by atoms with E-state index in [0.717, 1.165) is 6.26 Å². The summed E-state index contributed by atoms with van der Waals surface area (Å²) in [5.74, 6) is -0.238. The molecule has 2 aromatic carbocycles. The fraction of sp³-hybridized carbons (Fsp3) is 0.111. The van der Waals surface area contributed by atoms with Gasteiger partial charge in [0.05, 0.1) is 21.1 Å². The number of aryl methyl sites for hydroxylation is 1. The first-order chi connectivity index (χ1) is 13.6. The molecule has 0 amide bonds. The van der Waals surface area contributed by atoms with Crippen molar-refractivity contribution < 1.29 is 18.4 Å². The van der Waals surface area contributed by atoms with Crippen LogP contribution in [-0.2, 0) is 9.84 Å². The maximum absolute atomic E-state index is 12.7. The first-order valence-electron chi connectivity index (χ1n) is 8.21. The normalized spacial score (nSPS) is 11.8. The number of nitrogens with one attached hydrogen (secondary N) is 1. The van der Waals surface area contributed by atoms with Crippen LogP contribution in [0, 0.1) is 17.0 Å². The largest absolute Gasteiger partial charge is 0.506 e. The summed E-state index contributed by atoms with van der Waals surface area (Å²) < 4.78 is 24.5. The zero-order valence-corrected chi connectivity index (χ0v) is 16.2. The lowest BCUT2D eigenvalue weighted by Gasteiger charge is -2.02. The molecular formula is C18H16N4O6S. The minimum atomic E-state index is -3.49. The zero-order valence-electron chi connectivity index (χ0n) is 15.4. The van der Waals surface area contributed by atoms with Crippen molar-refractivity contribution in [3.8, 4) is 11.4 Å². The van der Waals surface area contributed by atoms with Crippen LogP contribution in [-0.4, -0.2) is 40.7 Å². The van der Waals surface area contributed by atoms with Crippen LogP contribution in [0.4, 0.5) is 11.4 Å². The molecule has 0 fully saturated rings. The van der Waals surface area contributed by atoms with E-state index in [-0.39, 0.29) is 27.6 Å². The number of hydrogen-bond acceptors (Lipinski definition) is 7. The predicted molar refractivity (Wildman–Crippen MR) is 106 cm³/mol. The molecule has 0 spiro atoms. The van der Waals surface area contributed by atoms with Crippen molar-refractivity contribution in [2.75, 3.05) is 6.26 Å². The van der Waals surface area contributed by atoms with E-state index in [2.05, 4.69) is 10.1 Å². The van der Waals surface area contributed by atoms with Gasteiger partial charge in [0.2, 0.25) is 0 Å². The number of hydrogen-bond donors (Lipinski definition) is 2. The third kappa shape index (κ3) is 4.09. The number of non-ortho nitro benzene ring substituents is 1. The van der Waals surface area contributed by atoms with Crippen LogP contribution in [0.25, 0.3) is 5.69 Å². The minimum Gasteiger partial charge on any atom is -0.506 e. The maximum Gasteiger partial charge on any atom is 0.280 e. The quantitative estimate of drug-likeness (QED) is 0.370. The molecule has 0 saturated heterocycles. The molecule has 1 heterocycles. The van der Waals surface area contributed by atoms with Crippen molar-refractivity contribution >= 4 is 27.4 Å². The van der Waals surface area contributed by atoms with Crippen molar-refractivity contribution in [1.29, 1.82) is 0 Å². The first kappa shape index (κ1) is 20.0. The second-order valence-electron chi connectivity index (χ2n) is 6.25. The molecule has 3 rings (SSSR count). The molecule has 29 heavy (non-hydrogen) atoms. The highest BCUT2D eigenvalue weighted by atomic mass is 32.2. The number of nitro benzene ring substituents is 1. The van der Waals surface area contributed by atoms with Gasteiger partial charge in [-0.1, -0.05) is 0 Å². The van der Waals surface area contributed by atoms with Crippen molar-refractivity contribution in [1.82, 2.24) is 9.78 Å². The number of phenols is 1. The molecule has 0 unspecified atom stereocenters. The van der Waals surface area contributed by atoms with Gasteiger partial charge in [-0.2, -0.15) is 0 Å². The highest BCUT2D eigenvalue weighted by Crippen LogP contribution is 2.29. The monoisotopic (exact) mass is 416 g/mol. The van der Waals surface area contributed by atoms with Crippen molar-refractivity contribution in [2.45, 2.75) is 11.8 Å². The van der Waals surface area contributed by atoms with Gasteiger partial charge in [0.1, 0.15) is 11.4 Å². The Kier molecular flexibility index (Phi) is 5.08. The zero-order chi connectivity index (χ0) is 21.3. The van der Waals surface area contributed by atoms with E-state index in [9.17, 15) is 28.4 Å². The van der Waals surface area contributed by atoms with Crippen LogP contribution in [0.1, 0.15) is 11.3 Å². The number of sulfone groups is 1. The number of aromatic nitrogens is 2. The number of nitrogens with zero attached hydrogens (tertiary/aromatic N) is 3. The predicted octanol–water partition coefficient (Wildman–Crippen LogP) is 2.24. The molecule has 0 bridgehead atoms. The second-order valence-corrected chi connectivity index (χ2v) is 8.26. The van der Waals surface area contributed by atoms with Gasteiger partial charge < -0.3 is 5.11 Å². The Morgan fingerprint density at radius 3 is 2.45 bits per heavy atom. The summed E-state index contributed by atoms with van der Waals surface area (Å²) in [5.41, 5.74) is 0.482. The van der Waals surface area contributed by atoms with E-state index in [4.69, 9.17) is 0 Å². The van der Waals surface area contributed by atoms with Gasteiger partial charge in [-0.25, -0.2) is 13.1 Å². The Balaban J connectivity index is 2.00. The topological polar surface area (TPSA) is 148 Å². The van der Waals surface area contributed by atoms with E-state index in [0.29, 0.717) is 11.4 Å². The number of benzene rings is 2. The van der Waals surface area contributed by atoms with Crippen LogP contribution in [0.3, 0.4) is 0 Å². The highest BCUT2D eigenvalue weighted by Gasteiger charge is 2.14. The summed E-state index contributed by atoms with van der Waals surface area (Å²) in [6.07, 6.45) is 2.25. The molecule has 11 heteroatoms. The number of aromatic amines is 1. The number of H-pyrrole nitrogens is 1. The van der Waals surface area contributed by atoms with Gasteiger partial charge in [-0.05, 0) is 37.3 Å². The molecule has 0 atom stereocenters. The fourth-order valence-corrected chi connectivity index (χ4v) is 3.23. The minimum absolute atomic E-state index is 0.00480. The molecule has 0 aliphatic rings. The SMILES string of the molecule is Cc1[nH]n(-c2ccc([N+](=O)[O-])cc2)c(=O)c1C=Nc1cc(S(C)(=O)=O)ccc1O. The van der Waals surface area contributed by atoms with E-state index in [1.807, 2.05) is 0 Å². The number of nitro groups is 1. The van der Waals surface area contributed by atoms with Crippen LogP contribution in [0.2, 0.25) is 0 Å². The number of phenolic OH excluding ortho intramolecular Hbond substituents is 1. The fourth-order valence-electron chi connectivity index (χ4n) is 2.59. The van der Waals surface area contributed by atoms with Crippen LogP contribution < -0.4 is 5.56 Å². The summed E-state index contributed by atoms with van der Waals surface area (Å²) in [6.45, 7) is 1.64. The second kappa shape index (κ2) is 7.36. The maximum atomic E-state index is 12.7. The summed E-state index contributed by atoms with van der Waals surface area (Å²) in [5, 5.41) is 23.5. The molecule has 0 radical (unpaired) electrons. The lowest BCUT2D eigenvalue weighted by Crippen LogP contribution is -2.17. The Labute approximate surface area is 164 Å². The van der Waals surface area contributed by atoms with Gasteiger partial charge in [0, 0.05) is 30.3 Å². The summed E-state index contributed by atoms with van der Waals surface area (Å²) in [6, 6.07) is 9.09. The first-order valence-corrected chi connectivity index (χ1v) is 10.1. The van der Waals surface area contributed by atoms with Crippen LogP contribution in [0.15, 0.2) is 57.1 Å². The molecule has 0 aliphatic heterocycles. The summed E-state index contributed by atoms with van der Waals surface area (Å²) in [7, 11) is -3.49. The van der Waals surface area contributed by atoms with Gasteiger partial charge >= 0.3 is 0 Å². The van der Waals surface area contributed by atoms with Crippen molar-refractivity contribution in [3.63, 3.8) is 0 Å². The lowest BCUT2D eigenvalue weighted by atomic mass is 10.2. The standard InChI is InChI=1S/C18H16N4O6S/c1-11-15(10-19-16-9-14(29(2,27)28)7-8-17(16)23)18(24)21(20-11)12-3-5-13(6-4-12)22(25)26/h3-10,20,23H,1-2H3. The summed E-state index contributed by atoms with van der Waals surface area (Å²) >= 11 is 0. The van der Waals surface area contributed by atoms with Crippen molar-refractivity contribution in [3.05, 3.63) is 74.2 Å². The number of aliphatic imine (C=N–C) groups is 1. The Morgan fingerprint density at radius 1 is 1.21 bits per heavy atom. The molecule has 10 nitrogen and oxygen atoms in total. The van der Waals surface area contributed by atoms with Crippen LogP contribution >= 0.6 is 0 Å². The van der Waals surface area contributed by atoms with Gasteiger partial charge in [0.15, 0.2) is 9.84 Å². The molecule has 3 aromatic rings. The van der Waals surface area contributed by atoms with E-state index >= 15 is 0 Å². The van der Waals surface area contributed by atoms with E-state index in [1.165, 1.54) is 53.4 Å². The third-order valence-electron chi connectivity index (χ3n) is 4.14. The molecule has 2 N–H and O–H groups in total.